The van der Waals surface area contributed by atoms with Crippen LogP contribution in [0.1, 0.15) is 45.2 Å². The first-order valence-corrected chi connectivity index (χ1v) is 7.90. The molecular weight excluding hydrogens is 246 g/mol. The van der Waals surface area contributed by atoms with E-state index in [1.54, 1.807) is 0 Å². The number of nitrogens with zero attached hydrogens (tertiary/aromatic N) is 1. The van der Waals surface area contributed by atoms with E-state index in [0.717, 1.165) is 32.5 Å². The van der Waals surface area contributed by atoms with Gasteiger partial charge in [-0.25, -0.2) is 0 Å². The second-order valence-corrected chi connectivity index (χ2v) is 7.16. The summed E-state index contributed by atoms with van der Waals surface area (Å²) in [4.78, 5) is 2.45. The minimum absolute atomic E-state index is 0.139. The van der Waals surface area contributed by atoms with Gasteiger partial charge >= 0.3 is 0 Å². The number of aliphatic hydroxyl groups is 1. The molecule has 1 heterocycles. The number of rotatable bonds is 3. The molecule has 0 bridgehead atoms. The van der Waals surface area contributed by atoms with Crippen LogP contribution in [0.5, 0.6) is 0 Å². The van der Waals surface area contributed by atoms with Gasteiger partial charge in [-0.1, -0.05) is 52.0 Å². The normalized spacial score (nSPS) is 24.9. The summed E-state index contributed by atoms with van der Waals surface area (Å²) in [5.74, 6) is 0.379. The average molecular weight is 275 g/mol. The van der Waals surface area contributed by atoms with E-state index in [1.165, 1.54) is 11.1 Å². The summed E-state index contributed by atoms with van der Waals surface area (Å²) < 4.78 is 0. The van der Waals surface area contributed by atoms with Crippen molar-refractivity contribution in [3.63, 3.8) is 0 Å². The van der Waals surface area contributed by atoms with Gasteiger partial charge in [0, 0.05) is 19.0 Å². The number of benzene rings is 1. The van der Waals surface area contributed by atoms with Crippen molar-refractivity contribution in [1.82, 2.24) is 4.90 Å². The maximum absolute atomic E-state index is 10.2. The van der Waals surface area contributed by atoms with Gasteiger partial charge in [0.2, 0.25) is 0 Å². The fourth-order valence-electron chi connectivity index (χ4n) is 3.03. The topological polar surface area (TPSA) is 23.5 Å². The molecule has 1 aromatic carbocycles. The third kappa shape index (κ3) is 3.83. The van der Waals surface area contributed by atoms with Crippen LogP contribution in [0.25, 0.3) is 0 Å². The summed E-state index contributed by atoms with van der Waals surface area (Å²) in [5.41, 5.74) is 2.93. The van der Waals surface area contributed by atoms with Crippen LogP contribution in [0.3, 0.4) is 0 Å². The Kier molecular flexibility index (Phi) is 4.87. The highest BCUT2D eigenvalue weighted by atomic mass is 16.3. The lowest BCUT2D eigenvalue weighted by Gasteiger charge is -2.35. The fraction of sp³-hybridized carbons (Fsp3) is 0.667. The second-order valence-electron chi connectivity index (χ2n) is 7.16. The molecule has 1 N–H and O–H groups in total. The van der Waals surface area contributed by atoms with Crippen molar-refractivity contribution in [2.75, 3.05) is 19.6 Å². The molecule has 2 nitrogen and oxygen atoms in total. The minimum Gasteiger partial charge on any atom is -0.393 e. The van der Waals surface area contributed by atoms with E-state index < -0.39 is 0 Å². The van der Waals surface area contributed by atoms with Crippen molar-refractivity contribution in [2.24, 2.45) is 5.92 Å². The molecule has 112 valence electrons. The van der Waals surface area contributed by atoms with Crippen LogP contribution in [0.4, 0.5) is 0 Å². The summed E-state index contributed by atoms with van der Waals surface area (Å²) in [6, 6.07) is 8.95. The van der Waals surface area contributed by atoms with Crippen LogP contribution in [-0.4, -0.2) is 35.7 Å². The first-order chi connectivity index (χ1) is 9.40. The fourth-order valence-corrected chi connectivity index (χ4v) is 3.03. The van der Waals surface area contributed by atoms with Gasteiger partial charge in [0.25, 0.3) is 0 Å². The number of piperidine rings is 1. The molecule has 0 radical (unpaired) electrons. The van der Waals surface area contributed by atoms with Gasteiger partial charge in [0.05, 0.1) is 6.10 Å². The first kappa shape index (κ1) is 15.5. The van der Waals surface area contributed by atoms with Gasteiger partial charge in [-0.2, -0.15) is 0 Å². The van der Waals surface area contributed by atoms with Crippen LogP contribution in [0.15, 0.2) is 24.3 Å². The van der Waals surface area contributed by atoms with E-state index in [2.05, 4.69) is 56.9 Å². The molecule has 2 heteroatoms. The van der Waals surface area contributed by atoms with E-state index in [-0.39, 0.29) is 11.5 Å². The Morgan fingerprint density at radius 3 is 2.40 bits per heavy atom. The lowest BCUT2D eigenvalue weighted by atomic mass is 9.84. The molecule has 0 amide bonds. The van der Waals surface area contributed by atoms with E-state index in [0.29, 0.717) is 5.92 Å². The summed E-state index contributed by atoms with van der Waals surface area (Å²) in [6.07, 6.45) is 1.76. The van der Waals surface area contributed by atoms with E-state index >= 15 is 0 Å². The second kappa shape index (κ2) is 6.28. The van der Waals surface area contributed by atoms with Gasteiger partial charge in [-0.15, -0.1) is 0 Å². The van der Waals surface area contributed by atoms with Crippen LogP contribution in [-0.2, 0) is 11.8 Å². The lowest BCUT2D eigenvalue weighted by molar-refractivity contribution is 0.0290. The van der Waals surface area contributed by atoms with E-state index in [9.17, 15) is 5.11 Å². The molecular formula is C18H29NO. The molecule has 2 atom stereocenters. The average Bonchev–Trinajstić information content (AvgIpc) is 2.41. The number of aliphatic hydroxyl groups excluding tert-OH is 1. The summed E-state index contributed by atoms with van der Waals surface area (Å²) in [6.45, 7) is 12.1. The Bertz CT molecular complexity index is 418. The monoisotopic (exact) mass is 275 g/mol. The van der Waals surface area contributed by atoms with Crippen LogP contribution >= 0.6 is 0 Å². The van der Waals surface area contributed by atoms with Crippen molar-refractivity contribution in [2.45, 2.75) is 52.1 Å². The summed E-state index contributed by atoms with van der Waals surface area (Å²) in [7, 11) is 0. The third-order valence-electron chi connectivity index (χ3n) is 4.54. The predicted molar refractivity (Wildman–Crippen MR) is 85.1 cm³/mol. The number of hydrogen-bond donors (Lipinski definition) is 1. The highest BCUT2D eigenvalue weighted by Crippen LogP contribution is 2.25. The zero-order valence-corrected chi connectivity index (χ0v) is 13.4. The highest BCUT2D eigenvalue weighted by Gasteiger charge is 2.27. The molecule has 1 aliphatic rings. The maximum atomic E-state index is 10.2. The highest BCUT2D eigenvalue weighted by molar-refractivity contribution is 5.27. The van der Waals surface area contributed by atoms with Gasteiger partial charge in [0.15, 0.2) is 0 Å². The van der Waals surface area contributed by atoms with Gasteiger partial charge < -0.3 is 10.0 Å². The molecule has 1 aliphatic heterocycles. The van der Waals surface area contributed by atoms with Crippen LogP contribution < -0.4 is 0 Å². The Hall–Kier alpha value is -0.860. The van der Waals surface area contributed by atoms with E-state index in [4.69, 9.17) is 0 Å². The molecule has 0 spiro atoms. The molecule has 0 aromatic heterocycles. The lowest BCUT2D eigenvalue weighted by Crippen LogP contribution is -2.43. The van der Waals surface area contributed by atoms with E-state index in [1.807, 2.05) is 0 Å². The standard InChI is InChI=1S/C18H29NO/c1-5-19-11-10-17(20)15(13-19)12-14-6-8-16(9-7-14)18(2,3)4/h6-9,15,17,20H,5,10-13H2,1-4H3. The van der Waals surface area contributed by atoms with Gasteiger partial charge in [-0.3, -0.25) is 0 Å². The van der Waals surface area contributed by atoms with Crippen molar-refractivity contribution in [1.29, 1.82) is 0 Å². The van der Waals surface area contributed by atoms with Gasteiger partial charge in [0.1, 0.15) is 0 Å². The SMILES string of the molecule is CCN1CCC(O)C(Cc2ccc(C(C)(C)C)cc2)C1. The van der Waals surface area contributed by atoms with Crippen molar-refractivity contribution >= 4 is 0 Å². The predicted octanol–water partition coefficient (Wildman–Crippen LogP) is 3.23. The van der Waals surface area contributed by atoms with Crippen LogP contribution in [0, 0.1) is 5.92 Å². The Morgan fingerprint density at radius 2 is 1.85 bits per heavy atom. The third-order valence-corrected chi connectivity index (χ3v) is 4.54. The molecule has 2 unspecified atom stereocenters. The Morgan fingerprint density at radius 1 is 1.20 bits per heavy atom. The summed E-state index contributed by atoms with van der Waals surface area (Å²) in [5, 5.41) is 10.2. The zero-order chi connectivity index (χ0) is 14.8. The largest absolute Gasteiger partial charge is 0.393 e. The number of likely N-dealkylation sites (tertiary alicyclic amines) is 1. The van der Waals surface area contributed by atoms with Gasteiger partial charge in [-0.05, 0) is 35.9 Å². The van der Waals surface area contributed by atoms with Crippen LogP contribution in [0.2, 0.25) is 0 Å². The molecule has 0 aliphatic carbocycles. The molecule has 2 rings (SSSR count). The van der Waals surface area contributed by atoms with Crippen molar-refractivity contribution in [3.8, 4) is 0 Å². The molecule has 20 heavy (non-hydrogen) atoms. The quantitative estimate of drug-likeness (QED) is 0.915. The Labute approximate surface area is 123 Å². The maximum Gasteiger partial charge on any atom is 0.0596 e. The zero-order valence-electron chi connectivity index (χ0n) is 13.4. The molecule has 1 saturated heterocycles. The van der Waals surface area contributed by atoms with Crippen molar-refractivity contribution in [3.05, 3.63) is 35.4 Å². The van der Waals surface area contributed by atoms with Crippen molar-refractivity contribution < 1.29 is 5.11 Å². The summed E-state index contributed by atoms with van der Waals surface area (Å²) >= 11 is 0. The first-order valence-electron chi connectivity index (χ1n) is 7.90. The number of hydrogen-bond acceptors (Lipinski definition) is 2. The molecule has 0 saturated carbocycles. The minimum atomic E-state index is -0.139. The molecule has 1 aromatic rings. The smallest absolute Gasteiger partial charge is 0.0596 e. The Balaban J connectivity index is 2.02. The molecule has 1 fully saturated rings.